The second kappa shape index (κ2) is 5.67. The first-order valence-electron chi connectivity index (χ1n) is 7.46. The van der Waals surface area contributed by atoms with Crippen molar-refractivity contribution >= 4 is 23.6 Å². The molecule has 0 aromatic heterocycles. The van der Waals surface area contributed by atoms with Gasteiger partial charge in [-0.05, 0) is 20.8 Å². The van der Waals surface area contributed by atoms with Gasteiger partial charge >= 0.3 is 6.09 Å². The maximum absolute atomic E-state index is 12.2. The van der Waals surface area contributed by atoms with Crippen LogP contribution in [0.15, 0.2) is 0 Å². The summed E-state index contributed by atoms with van der Waals surface area (Å²) in [6, 6.07) is 0. The van der Waals surface area contributed by atoms with Crippen LogP contribution in [-0.4, -0.2) is 59.5 Å². The van der Waals surface area contributed by atoms with Crippen LogP contribution >= 0.6 is 11.6 Å². The fraction of sp³-hybridized carbons (Fsp3) is 0.867. The van der Waals surface area contributed by atoms with Crippen LogP contribution in [0, 0.1) is 11.3 Å². The molecule has 2 aliphatic rings. The van der Waals surface area contributed by atoms with Gasteiger partial charge < -0.3 is 14.5 Å². The van der Waals surface area contributed by atoms with Crippen LogP contribution in [0.5, 0.6) is 0 Å². The van der Waals surface area contributed by atoms with Gasteiger partial charge in [-0.3, -0.25) is 4.79 Å². The Balaban J connectivity index is 1.95. The van der Waals surface area contributed by atoms with Crippen molar-refractivity contribution < 1.29 is 14.3 Å². The number of halogens is 1. The predicted molar refractivity (Wildman–Crippen MR) is 81.3 cm³/mol. The normalized spacial score (nSPS) is 28.7. The lowest BCUT2D eigenvalue weighted by Crippen LogP contribution is -2.40. The van der Waals surface area contributed by atoms with E-state index >= 15 is 0 Å². The van der Waals surface area contributed by atoms with Gasteiger partial charge in [0, 0.05) is 49.8 Å². The Kier molecular flexibility index (Phi) is 4.43. The molecule has 0 N–H and O–H groups in total. The molecule has 2 heterocycles. The molecule has 2 rings (SSSR count). The number of fused-ring (bicyclic) bond motifs is 1. The number of carbonyl (C=O) groups excluding carboxylic acids is 2. The summed E-state index contributed by atoms with van der Waals surface area (Å²) in [4.78, 5) is 27.8. The third-order valence-electron chi connectivity index (χ3n) is 4.28. The Bertz CT molecular complexity index is 435. The van der Waals surface area contributed by atoms with Crippen molar-refractivity contribution in [3.63, 3.8) is 0 Å². The minimum absolute atomic E-state index is 0.0289. The fourth-order valence-electron chi connectivity index (χ4n) is 3.23. The third kappa shape index (κ3) is 3.62. The molecule has 0 bridgehead atoms. The number of ether oxygens (including phenoxy) is 1. The largest absolute Gasteiger partial charge is 0.444 e. The predicted octanol–water partition coefficient (Wildman–Crippen LogP) is 2.33. The molecule has 0 unspecified atom stereocenters. The van der Waals surface area contributed by atoms with E-state index in [4.69, 9.17) is 16.3 Å². The van der Waals surface area contributed by atoms with E-state index in [1.165, 1.54) is 0 Å². The molecule has 6 heteroatoms. The molecular formula is C15H25ClN2O3. The van der Waals surface area contributed by atoms with Crippen LogP contribution in [0.2, 0.25) is 0 Å². The molecule has 2 fully saturated rings. The zero-order valence-electron chi connectivity index (χ0n) is 13.3. The molecule has 5 nitrogen and oxygen atoms in total. The van der Waals surface area contributed by atoms with Gasteiger partial charge in [-0.1, -0.05) is 6.92 Å². The number of hydrogen-bond acceptors (Lipinski definition) is 3. The molecule has 0 aromatic carbocycles. The highest BCUT2D eigenvalue weighted by atomic mass is 35.5. The van der Waals surface area contributed by atoms with Crippen LogP contribution < -0.4 is 0 Å². The molecule has 0 aliphatic carbocycles. The van der Waals surface area contributed by atoms with Gasteiger partial charge in [0.1, 0.15) is 5.60 Å². The van der Waals surface area contributed by atoms with Crippen LogP contribution in [0.4, 0.5) is 4.79 Å². The van der Waals surface area contributed by atoms with Crippen molar-refractivity contribution in [1.82, 2.24) is 9.80 Å². The second-order valence-electron chi connectivity index (χ2n) is 7.43. The topological polar surface area (TPSA) is 49.9 Å². The average molecular weight is 317 g/mol. The first-order valence-corrected chi connectivity index (χ1v) is 8.00. The van der Waals surface area contributed by atoms with Crippen molar-refractivity contribution in [2.24, 2.45) is 11.3 Å². The minimum atomic E-state index is -0.474. The van der Waals surface area contributed by atoms with E-state index in [1.54, 1.807) is 4.90 Å². The third-order valence-corrected chi connectivity index (χ3v) is 4.47. The number of hydrogen-bond donors (Lipinski definition) is 0. The Labute approximate surface area is 131 Å². The molecule has 120 valence electrons. The van der Waals surface area contributed by atoms with Gasteiger partial charge in [0.05, 0.1) is 0 Å². The minimum Gasteiger partial charge on any atom is -0.444 e. The van der Waals surface area contributed by atoms with E-state index < -0.39 is 5.60 Å². The zero-order chi connectivity index (χ0) is 15.8. The lowest BCUT2D eigenvalue weighted by Gasteiger charge is -2.27. The summed E-state index contributed by atoms with van der Waals surface area (Å²) in [5, 5.41) is 0. The Hall–Kier alpha value is -0.970. The van der Waals surface area contributed by atoms with E-state index in [0.29, 0.717) is 44.4 Å². The summed E-state index contributed by atoms with van der Waals surface area (Å²) in [6.45, 7) is 10.5. The van der Waals surface area contributed by atoms with Crippen LogP contribution in [0.1, 0.15) is 34.1 Å². The highest BCUT2D eigenvalue weighted by Gasteiger charge is 2.51. The van der Waals surface area contributed by atoms with Gasteiger partial charge in [-0.15, -0.1) is 11.6 Å². The SMILES string of the molecule is CC(C)(C)OC(=O)N1C[C@@H]2CN(C(=O)CCCl)C[C@]2(C)C1. The summed E-state index contributed by atoms with van der Waals surface area (Å²) < 4.78 is 5.43. The number of likely N-dealkylation sites (tertiary alicyclic amines) is 2. The second-order valence-corrected chi connectivity index (χ2v) is 7.80. The summed E-state index contributed by atoms with van der Waals surface area (Å²) in [5.41, 5.74) is -0.503. The number of carbonyl (C=O) groups is 2. The molecule has 0 saturated carbocycles. The number of rotatable bonds is 2. The molecule has 2 atom stereocenters. The number of alkyl halides is 1. The summed E-state index contributed by atoms with van der Waals surface area (Å²) in [5.74, 6) is 0.800. The van der Waals surface area contributed by atoms with Gasteiger partial charge in [-0.2, -0.15) is 0 Å². The lowest BCUT2D eigenvalue weighted by atomic mass is 9.83. The smallest absolute Gasteiger partial charge is 0.410 e. The Morgan fingerprint density at radius 3 is 2.33 bits per heavy atom. The monoisotopic (exact) mass is 316 g/mol. The number of amides is 2. The maximum Gasteiger partial charge on any atom is 0.410 e. The van der Waals surface area contributed by atoms with Crippen LogP contribution in [0.25, 0.3) is 0 Å². The molecule has 2 amide bonds. The highest BCUT2D eigenvalue weighted by Crippen LogP contribution is 2.42. The highest BCUT2D eigenvalue weighted by molar-refractivity contribution is 6.18. The van der Waals surface area contributed by atoms with Crippen molar-refractivity contribution in [3.8, 4) is 0 Å². The first-order chi connectivity index (χ1) is 9.64. The summed E-state index contributed by atoms with van der Waals surface area (Å²) >= 11 is 5.64. The van der Waals surface area contributed by atoms with E-state index in [0.717, 1.165) is 0 Å². The van der Waals surface area contributed by atoms with Crippen LogP contribution in [0.3, 0.4) is 0 Å². The summed E-state index contributed by atoms with van der Waals surface area (Å²) in [6.07, 6.45) is 0.136. The maximum atomic E-state index is 12.2. The molecule has 0 spiro atoms. The average Bonchev–Trinajstić information content (AvgIpc) is 2.79. The molecule has 21 heavy (non-hydrogen) atoms. The Morgan fingerprint density at radius 1 is 1.24 bits per heavy atom. The van der Waals surface area contributed by atoms with Crippen molar-refractivity contribution in [3.05, 3.63) is 0 Å². The molecule has 2 saturated heterocycles. The van der Waals surface area contributed by atoms with E-state index in [1.807, 2.05) is 25.7 Å². The van der Waals surface area contributed by atoms with Gasteiger partial charge in [-0.25, -0.2) is 4.79 Å². The van der Waals surface area contributed by atoms with Crippen molar-refractivity contribution in [2.45, 2.75) is 39.7 Å². The first kappa shape index (κ1) is 16.4. The molecule has 2 aliphatic heterocycles. The molecular weight excluding hydrogens is 292 g/mol. The molecule has 0 aromatic rings. The van der Waals surface area contributed by atoms with Crippen molar-refractivity contribution in [2.75, 3.05) is 32.1 Å². The molecule has 0 radical (unpaired) electrons. The van der Waals surface area contributed by atoms with Gasteiger partial charge in [0.2, 0.25) is 5.91 Å². The van der Waals surface area contributed by atoms with E-state index in [-0.39, 0.29) is 17.4 Å². The van der Waals surface area contributed by atoms with E-state index in [2.05, 4.69) is 6.92 Å². The fourth-order valence-corrected chi connectivity index (χ4v) is 3.40. The summed E-state index contributed by atoms with van der Waals surface area (Å²) in [7, 11) is 0. The van der Waals surface area contributed by atoms with Gasteiger partial charge in [0.15, 0.2) is 0 Å². The Morgan fingerprint density at radius 2 is 1.81 bits per heavy atom. The standard InChI is InChI=1S/C15H25ClN2O3/c1-14(2,3)21-13(20)18-8-11-7-17(12(19)5-6-16)9-15(11,4)10-18/h11H,5-10H2,1-4H3/t11-,15+/m0/s1. The van der Waals surface area contributed by atoms with Crippen LogP contribution in [-0.2, 0) is 9.53 Å². The quantitative estimate of drug-likeness (QED) is 0.735. The van der Waals surface area contributed by atoms with Crippen molar-refractivity contribution in [1.29, 1.82) is 0 Å². The number of nitrogens with zero attached hydrogens (tertiary/aromatic N) is 2. The van der Waals surface area contributed by atoms with Gasteiger partial charge in [0.25, 0.3) is 0 Å². The zero-order valence-corrected chi connectivity index (χ0v) is 14.1. The van der Waals surface area contributed by atoms with E-state index in [9.17, 15) is 9.59 Å². The lowest BCUT2D eigenvalue weighted by molar-refractivity contribution is -0.130.